The van der Waals surface area contributed by atoms with Crippen molar-refractivity contribution in [2.45, 2.75) is 52.5 Å². The predicted molar refractivity (Wildman–Crippen MR) is 110 cm³/mol. The number of amides is 3. The van der Waals surface area contributed by atoms with E-state index in [2.05, 4.69) is 31.4 Å². The number of carbonyl (C=O) groups excluding carboxylic acids is 2. The molecule has 1 heterocycles. The summed E-state index contributed by atoms with van der Waals surface area (Å²) in [5.41, 5.74) is -0.460. The van der Waals surface area contributed by atoms with Gasteiger partial charge >= 0.3 is 16.2 Å². The normalized spacial score (nSPS) is 23.7. The zero-order valence-corrected chi connectivity index (χ0v) is 18.0. The van der Waals surface area contributed by atoms with Gasteiger partial charge in [0, 0.05) is 17.8 Å². The highest BCUT2D eigenvalue weighted by atomic mass is 32.2. The van der Waals surface area contributed by atoms with Crippen molar-refractivity contribution in [3.8, 4) is 5.75 Å². The quantitative estimate of drug-likeness (QED) is 0.572. The summed E-state index contributed by atoms with van der Waals surface area (Å²) in [5.74, 6) is -2.04. The lowest BCUT2D eigenvalue weighted by atomic mass is 9.71. The number of phenols is 1. The third kappa shape index (κ3) is 4.77. The average Bonchev–Trinajstić information content (AvgIpc) is 2.86. The third-order valence-electron chi connectivity index (χ3n) is 5.66. The van der Waals surface area contributed by atoms with Gasteiger partial charge in [0.2, 0.25) is 0 Å². The fraction of sp³-hybridized carbons (Fsp3) is 0.579. The van der Waals surface area contributed by atoms with Crippen LogP contribution in [0.5, 0.6) is 5.75 Å². The van der Waals surface area contributed by atoms with E-state index < -0.39 is 45.9 Å². The van der Waals surface area contributed by atoms with E-state index in [9.17, 15) is 27.5 Å². The van der Waals surface area contributed by atoms with E-state index >= 15 is 0 Å². The highest BCUT2D eigenvalue weighted by Crippen LogP contribution is 2.38. The Morgan fingerprint density at radius 3 is 2.37 bits per heavy atom. The minimum atomic E-state index is -4.27. The number of hydrogen-bond donors (Lipinski definition) is 4. The smallest absolute Gasteiger partial charge is 0.326 e. The van der Waals surface area contributed by atoms with Gasteiger partial charge in [0.1, 0.15) is 18.0 Å². The molecule has 2 aliphatic rings. The fourth-order valence-corrected chi connectivity index (χ4v) is 5.18. The summed E-state index contributed by atoms with van der Waals surface area (Å²) in [4.78, 5) is 23.6. The van der Waals surface area contributed by atoms with Crippen molar-refractivity contribution in [3.05, 3.63) is 17.9 Å². The van der Waals surface area contributed by atoms with Crippen molar-refractivity contribution < 1.29 is 27.5 Å². The molecule has 11 heteroatoms. The molecular weight excluding hydrogens is 415 g/mol. The molecule has 0 atom stereocenters. The SMILES string of the molecule is CC(C)(C)C1CCC(NC(=O)Nc2cc(O)c(N3CC(=O)NS3(=O)=O)c(F)c2)CC1. The molecule has 1 saturated heterocycles. The number of aromatic hydroxyl groups is 1. The first-order chi connectivity index (χ1) is 13.9. The highest BCUT2D eigenvalue weighted by Gasteiger charge is 2.37. The summed E-state index contributed by atoms with van der Waals surface area (Å²) < 4.78 is 40.4. The van der Waals surface area contributed by atoms with E-state index in [1.54, 1.807) is 4.72 Å². The summed E-state index contributed by atoms with van der Waals surface area (Å²) in [6.45, 7) is 5.99. The van der Waals surface area contributed by atoms with Crippen LogP contribution in [0.1, 0.15) is 46.5 Å². The molecule has 2 fully saturated rings. The van der Waals surface area contributed by atoms with E-state index in [1.807, 2.05) is 0 Å². The van der Waals surface area contributed by atoms with E-state index in [0.29, 0.717) is 10.2 Å². The Labute approximate surface area is 175 Å². The standard InChI is InChI=1S/C19H27FN4O5S/c1-19(2,3)11-4-6-12(7-5-11)21-18(27)22-13-8-14(20)17(15(25)9-13)24-10-16(26)23-30(24,28)29/h8-9,11-12,25H,4-7,10H2,1-3H3,(H,23,26)(H2,21,22,27). The number of nitrogens with zero attached hydrogens (tertiary/aromatic N) is 1. The maximum absolute atomic E-state index is 14.5. The van der Waals surface area contributed by atoms with Crippen LogP contribution in [0.15, 0.2) is 12.1 Å². The van der Waals surface area contributed by atoms with Gasteiger partial charge in [-0.3, -0.25) is 4.79 Å². The summed E-state index contributed by atoms with van der Waals surface area (Å²) in [5, 5.41) is 15.4. The van der Waals surface area contributed by atoms with Crippen LogP contribution in [-0.4, -0.2) is 38.0 Å². The van der Waals surface area contributed by atoms with Crippen molar-refractivity contribution in [2.24, 2.45) is 11.3 Å². The Bertz CT molecular complexity index is 929. The van der Waals surface area contributed by atoms with Gasteiger partial charge in [-0.1, -0.05) is 20.8 Å². The molecule has 4 N–H and O–H groups in total. The third-order valence-corrected chi connectivity index (χ3v) is 7.04. The monoisotopic (exact) mass is 442 g/mol. The van der Waals surface area contributed by atoms with Crippen molar-refractivity contribution in [2.75, 3.05) is 16.2 Å². The molecule has 30 heavy (non-hydrogen) atoms. The lowest BCUT2D eigenvalue weighted by molar-refractivity contribution is -0.117. The Morgan fingerprint density at radius 2 is 1.87 bits per heavy atom. The first-order valence-electron chi connectivity index (χ1n) is 9.80. The molecule has 1 aliphatic carbocycles. The summed E-state index contributed by atoms with van der Waals surface area (Å²) >= 11 is 0. The van der Waals surface area contributed by atoms with Gasteiger partial charge < -0.3 is 15.7 Å². The van der Waals surface area contributed by atoms with Crippen molar-refractivity contribution >= 4 is 33.5 Å². The second kappa shape index (κ2) is 7.93. The molecule has 0 aromatic heterocycles. The van der Waals surface area contributed by atoms with Crippen LogP contribution >= 0.6 is 0 Å². The number of rotatable bonds is 3. The van der Waals surface area contributed by atoms with Crippen LogP contribution in [0, 0.1) is 17.2 Å². The zero-order valence-electron chi connectivity index (χ0n) is 17.2. The van der Waals surface area contributed by atoms with Crippen molar-refractivity contribution in [3.63, 3.8) is 0 Å². The van der Waals surface area contributed by atoms with Gasteiger partial charge in [-0.2, -0.15) is 8.42 Å². The van der Waals surface area contributed by atoms with Crippen LogP contribution < -0.4 is 19.7 Å². The van der Waals surface area contributed by atoms with Crippen LogP contribution in [0.25, 0.3) is 0 Å². The minimum Gasteiger partial charge on any atom is -0.506 e. The lowest BCUT2D eigenvalue weighted by Gasteiger charge is -2.37. The van der Waals surface area contributed by atoms with Crippen LogP contribution in [-0.2, 0) is 15.0 Å². The highest BCUT2D eigenvalue weighted by molar-refractivity contribution is 7.92. The Balaban J connectivity index is 1.64. The van der Waals surface area contributed by atoms with Crippen molar-refractivity contribution in [1.82, 2.24) is 10.0 Å². The molecule has 9 nitrogen and oxygen atoms in total. The number of halogens is 1. The molecular formula is C19H27FN4O5S. The van der Waals surface area contributed by atoms with Crippen LogP contribution in [0.3, 0.4) is 0 Å². The molecule has 1 aromatic carbocycles. The van der Waals surface area contributed by atoms with Gasteiger partial charge in [-0.15, -0.1) is 0 Å². The molecule has 0 radical (unpaired) electrons. The second-order valence-electron chi connectivity index (χ2n) is 8.88. The summed E-state index contributed by atoms with van der Waals surface area (Å²) in [7, 11) is -4.27. The van der Waals surface area contributed by atoms with Gasteiger partial charge in [-0.25, -0.2) is 18.2 Å². The van der Waals surface area contributed by atoms with Crippen LogP contribution in [0.4, 0.5) is 20.6 Å². The molecule has 1 saturated carbocycles. The Kier molecular flexibility index (Phi) is 5.85. The van der Waals surface area contributed by atoms with Gasteiger partial charge in [0.05, 0.1) is 0 Å². The number of nitrogens with one attached hydrogen (secondary N) is 3. The summed E-state index contributed by atoms with van der Waals surface area (Å²) in [6, 6.07) is 1.40. The Hall–Kier alpha value is -2.56. The molecule has 3 amide bonds. The van der Waals surface area contributed by atoms with E-state index in [4.69, 9.17) is 0 Å². The van der Waals surface area contributed by atoms with E-state index in [0.717, 1.165) is 37.8 Å². The number of benzene rings is 1. The molecule has 3 rings (SSSR count). The average molecular weight is 443 g/mol. The zero-order chi connectivity index (χ0) is 22.3. The number of hydrogen-bond acceptors (Lipinski definition) is 5. The minimum absolute atomic E-state index is 0.00754. The van der Waals surface area contributed by atoms with Crippen molar-refractivity contribution in [1.29, 1.82) is 0 Å². The lowest BCUT2D eigenvalue weighted by Crippen LogP contribution is -2.41. The first kappa shape index (κ1) is 22.1. The fourth-order valence-electron chi connectivity index (χ4n) is 4.01. The number of anilines is 2. The predicted octanol–water partition coefficient (Wildman–Crippen LogP) is 2.44. The molecule has 166 valence electrons. The van der Waals surface area contributed by atoms with E-state index in [-0.39, 0.29) is 17.1 Å². The maximum atomic E-state index is 14.5. The first-order valence-corrected chi connectivity index (χ1v) is 11.2. The summed E-state index contributed by atoms with van der Waals surface area (Å²) in [6.07, 6.45) is 3.72. The number of urea groups is 1. The Morgan fingerprint density at radius 1 is 1.23 bits per heavy atom. The number of carbonyl (C=O) groups is 2. The molecule has 1 aromatic rings. The second-order valence-corrected chi connectivity index (χ2v) is 10.5. The van der Waals surface area contributed by atoms with Gasteiger partial charge in [0.15, 0.2) is 5.82 Å². The maximum Gasteiger partial charge on any atom is 0.326 e. The van der Waals surface area contributed by atoms with Gasteiger partial charge in [-0.05, 0) is 43.1 Å². The molecule has 0 bridgehead atoms. The van der Waals surface area contributed by atoms with Crippen LogP contribution in [0.2, 0.25) is 0 Å². The largest absolute Gasteiger partial charge is 0.506 e. The number of phenolic OH excluding ortho intramolecular Hbond substituents is 1. The topological polar surface area (TPSA) is 128 Å². The molecule has 0 unspecified atom stereocenters. The molecule has 0 spiro atoms. The van der Waals surface area contributed by atoms with E-state index in [1.165, 1.54) is 0 Å². The molecule has 1 aliphatic heterocycles. The van der Waals surface area contributed by atoms with Gasteiger partial charge in [0.25, 0.3) is 5.91 Å².